The third-order valence-electron chi connectivity index (χ3n) is 2.09. The van der Waals surface area contributed by atoms with E-state index in [4.69, 9.17) is 11.6 Å². The molecule has 0 aromatic heterocycles. The van der Waals surface area contributed by atoms with E-state index in [9.17, 15) is 14.9 Å². The minimum atomic E-state index is -0.568. The molecule has 1 N–H and O–H groups in total. The number of likely N-dealkylation sites (N-methyl/N-ethyl adjacent to an activating group) is 1. The quantitative estimate of drug-likeness (QED) is 0.659. The number of hydrogen-bond donors (Lipinski definition) is 1. The summed E-state index contributed by atoms with van der Waals surface area (Å²) in [4.78, 5) is 22.8. The zero-order valence-electron chi connectivity index (χ0n) is 9.44. The van der Waals surface area contributed by atoms with Crippen LogP contribution in [0.4, 0.5) is 11.4 Å². The fourth-order valence-corrected chi connectivity index (χ4v) is 1.28. The van der Waals surface area contributed by atoms with E-state index in [-0.39, 0.29) is 23.2 Å². The van der Waals surface area contributed by atoms with Gasteiger partial charge >= 0.3 is 0 Å². The van der Waals surface area contributed by atoms with E-state index in [0.29, 0.717) is 5.69 Å². The molecule has 7 heteroatoms. The molecule has 0 aliphatic heterocycles. The highest BCUT2D eigenvalue weighted by Gasteiger charge is 2.13. The van der Waals surface area contributed by atoms with Crippen molar-refractivity contribution >= 4 is 28.9 Å². The van der Waals surface area contributed by atoms with Crippen molar-refractivity contribution in [3.05, 3.63) is 33.3 Å². The third-order valence-corrected chi connectivity index (χ3v) is 2.40. The number of amides is 1. The molecule has 0 bridgehead atoms. The Morgan fingerprint density at radius 3 is 2.71 bits per heavy atom. The minimum absolute atomic E-state index is 0.0690. The summed E-state index contributed by atoms with van der Waals surface area (Å²) in [6.45, 7) is 0.0752. The van der Waals surface area contributed by atoms with Crippen LogP contribution in [-0.4, -0.2) is 36.4 Å². The molecule has 17 heavy (non-hydrogen) atoms. The molecule has 0 aliphatic carbocycles. The fourth-order valence-electron chi connectivity index (χ4n) is 1.10. The van der Waals surface area contributed by atoms with Crippen LogP contribution in [-0.2, 0) is 4.79 Å². The molecule has 6 nitrogen and oxygen atoms in total. The van der Waals surface area contributed by atoms with E-state index >= 15 is 0 Å². The largest absolute Gasteiger partial charge is 0.376 e. The number of nitro groups is 1. The molecule has 0 fully saturated rings. The standard InChI is InChI=1S/C10H12ClN3O3/c1-13(2)10(15)6-12-7-3-4-8(11)9(5-7)14(16)17/h3-5,12H,6H2,1-2H3. The van der Waals surface area contributed by atoms with E-state index in [0.717, 1.165) is 0 Å². The van der Waals surface area contributed by atoms with Gasteiger partial charge in [-0.3, -0.25) is 14.9 Å². The number of rotatable bonds is 4. The molecule has 0 saturated heterocycles. The molecule has 1 aromatic carbocycles. The van der Waals surface area contributed by atoms with Crippen LogP contribution in [0.2, 0.25) is 5.02 Å². The summed E-state index contributed by atoms with van der Waals surface area (Å²) < 4.78 is 0. The maximum absolute atomic E-state index is 11.3. The Hall–Kier alpha value is -1.82. The van der Waals surface area contributed by atoms with Gasteiger partial charge in [0.05, 0.1) is 11.5 Å². The van der Waals surface area contributed by atoms with Gasteiger partial charge in [0.25, 0.3) is 5.69 Å². The number of nitrogens with zero attached hydrogens (tertiary/aromatic N) is 2. The van der Waals surface area contributed by atoms with Gasteiger partial charge in [-0.2, -0.15) is 0 Å². The first-order chi connectivity index (χ1) is 7.91. The summed E-state index contributed by atoms with van der Waals surface area (Å²) in [6, 6.07) is 4.30. The van der Waals surface area contributed by atoms with Gasteiger partial charge in [-0.15, -0.1) is 0 Å². The van der Waals surface area contributed by atoms with E-state index in [1.165, 1.54) is 17.0 Å². The maximum Gasteiger partial charge on any atom is 0.289 e. The smallest absolute Gasteiger partial charge is 0.289 e. The van der Waals surface area contributed by atoms with Crippen LogP contribution in [0.25, 0.3) is 0 Å². The molecular weight excluding hydrogens is 246 g/mol. The Morgan fingerprint density at radius 2 is 2.18 bits per heavy atom. The van der Waals surface area contributed by atoms with Crippen molar-refractivity contribution < 1.29 is 9.72 Å². The molecule has 0 saturated carbocycles. The summed E-state index contributed by atoms with van der Waals surface area (Å²) in [6.07, 6.45) is 0. The highest BCUT2D eigenvalue weighted by molar-refractivity contribution is 6.32. The lowest BCUT2D eigenvalue weighted by Crippen LogP contribution is -2.28. The third kappa shape index (κ3) is 3.60. The molecule has 0 spiro atoms. The van der Waals surface area contributed by atoms with Crippen molar-refractivity contribution in [2.45, 2.75) is 0 Å². The maximum atomic E-state index is 11.3. The topological polar surface area (TPSA) is 75.5 Å². The summed E-state index contributed by atoms with van der Waals surface area (Å²) in [5.41, 5.74) is 0.297. The zero-order chi connectivity index (χ0) is 13.0. The first-order valence-corrected chi connectivity index (χ1v) is 5.17. The number of benzene rings is 1. The van der Waals surface area contributed by atoms with Crippen LogP contribution in [0, 0.1) is 10.1 Å². The van der Waals surface area contributed by atoms with Crippen LogP contribution in [0.3, 0.4) is 0 Å². The Labute approximate surface area is 103 Å². The second kappa shape index (κ2) is 5.49. The lowest BCUT2D eigenvalue weighted by molar-refractivity contribution is -0.384. The number of halogens is 1. The van der Waals surface area contributed by atoms with Crippen molar-refractivity contribution in [1.29, 1.82) is 0 Å². The van der Waals surface area contributed by atoms with Crippen molar-refractivity contribution in [3.8, 4) is 0 Å². The van der Waals surface area contributed by atoms with E-state index in [1.807, 2.05) is 0 Å². The molecule has 1 amide bonds. The van der Waals surface area contributed by atoms with Gasteiger partial charge in [-0.05, 0) is 12.1 Å². The summed E-state index contributed by atoms with van der Waals surface area (Å²) >= 11 is 5.66. The second-order valence-electron chi connectivity index (χ2n) is 3.57. The Morgan fingerprint density at radius 1 is 1.53 bits per heavy atom. The predicted molar refractivity (Wildman–Crippen MR) is 65.3 cm³/mol. The van der Waals surface area contributed by atoms with Crippen molar-refractivity contribution in [2.24, 2.45) is 0 Å². The molecule has 1 rings (SSSR count). The average Bonchev–Trinajstić information content (AvgIpc) is 2.26. The Kier molecular flexibility index (Phi) is 4.28. The van der Waals surface area contributed by atoms with Gasteiger partial charge in [-0.1, -0.05) is 11.6 Å². The van der Waals surface area contributed by atoms with Crippen LogP contribution in [0.5, 0.6) is 0 Å². The monoisotopic (exact) mass is 257 g/mol. The van der Waals surface area contributed by atoms with Gasteiger partial charge in [0, 0.05) is 25.8 Å². The lowest BCUT2D eigenvalue weighted by Gasteiger charge is -2.11. The molecule has 1 aromatic rings. The summed E-state index contributed by atoms with van der Waals surface area (Å²) in [5.74, 6) is -0.123. The van der Waals surface area contributed by atoms with Gasteiger partial charge in [0.2, 0.25) is 5.91 Å². The van der Waals surface area contributed by atoms with Gasteiger partial charge < -0.3 is 10.2 Å². The normalized spacial score (nSPS) is 9.82. The number of carbonyl (C=O) groups is 1. The second-order valence-corrected chi connectivity index (χ2v) is 3.97. The fraction of sp³-hybridized carbons (Fsp3) is 0.300. The Bertz CT molecular complexity index is 448. The van der Waals surface area contributed by atoms with E-state index in [2.05, 4.69) is 5.32 Å². The van der Waals surface area contributed by atoms with Crippen LogP contribution in [0.15, 0.2) is 18.2 Å². The molecule has 0 aliphatic rings. The number of nitrogens with one attached hydrogen (secondary N) is 1. The van der Waals surface area contributed by atoms with Gasteiger partial charge in [0.15, 0.2) is 0 Å². The van der Waals surface area contributed by atoms with E-state index in [1.54, 1.807) is 20.2 Å². The van der Waals surface area contributed by atoms with Gasteiger partial charge in [0.1, 0.15) is 5.02 Å². The van der Waals surface area contributed by atoms with Crippen molar-refractivity contribution in [3.63, 3.8) is 0 Å². The van der Waals surface area contributed by atoms with E-state index < -0.39 is 4.92 Å². The lowest BCUT2D eigenvalue weighted by atomic mass is 10.3. The minimum Gasteiger partial charge on any atom is -0.376 e. The van der Waals surface area contributed by atoms with Crippen molar-refractivity contribution in [2.75, 3.05) is 26.0 Å². The van der Waals surface area contributed by atoms with Crippen molar-refractivity contribution in [1.82, 2.24) is 4.90 Å². The SMILES string of the molecule is CN(C)C(=O)CNc1ccc(Cl)c([N+](=O)[O-])c1. The van der Waals surface area contributed by atoms with Crippen LogP contribution in [0.1, 0.15) is 0 Å². The van der Waals surface area contributed by atoms with Crippen LogP contribution >= 0.6 is 11.6 Å². The predicted octanol–water partition coefficient (Wildman–Crippen LogP) is 1.75. The number of carbonyl (C=O) groups excluding carboxylic acids is 1. The molecular formula is C10H12ClN3O3. The molecule has 0 unspecified atom stereocenters. The average molecular weight is 258 g/mol. The molecule has 92 valence electrons. The highest BCUT2D eigenvalue weighted by atomic mass is 35.5. The van der Waals surface area contributed by atoms with Crippen LogP contribution < -0.4 is 5.32 Å². The summed E-state index contributed by atoms with van der Waals surface area (Å²) in [7, 11) is 3.27. The summed E-state index contributed by atoms with van der Waals surface area (Å²) in [5, 5.41) is 13.5. The molecule has 0 heterocycles. The van der Waals surface area contributed by atoms with Gasteiger partial charge in [-0.25, -0.2) is 0 Å². The molecule has 0 atom stereocenters. The first kappa shape index (κ1) is 13.2. The number of hydrogen-bond acceptors (Lipinski definition) is 4. The highest BCUT2D eigenvalue weighted by Crippen LogP contribution is 2.27. The number of nitro benzene ring substituents is 1. The molecule has 0 radical (unpaired) electrons. The zero-order valence-corrected chi connectivity index (χ0v) is 10.2. The number of anilines is 1. The Balaban J connectivity index is 2.76. The first-order valence-electron chi connectivity index (χ1n) is 4.80.